The molecule has 0 spiro atoms. The highest BCUT2D eigenvalue weighted by Gasteiger charge is 2.21. The SMILES string of the molecule is [C-]#[N+]c1ccc2c(c1)c1cccc(-c3cccc4c5ccccc5n(-c5ccccc5)c34)c1n2-c1ccc(C#N)cc1. The van der Waals surface area contributed by atoms with Gasteiger partial charge in [0.05, 0.1) is 40.3 Å². The van der Waals surface area contributed by atoms with Crippen molar-refractivity contribution in [1.29, 1.82) is 5.26 Å². The Hall–Kier alpha value is -6.10. The molecule has 0 saturated heterocycles. The summed E-state index contributed by atoms with van der Waals surface area (Å²) < 4.78 is 4.63. The molecular formula is C38H22N4. The van der Waals surface area contributed by atoms with E-state index in [1.54, 1.807) is 0 Å². The Balaban J connectivity index is 1.55. The van der Waals surface area contributed by atoms with Gasteiger partial charge in [0.2, 0.25) is 0 Å². The molecule has 42 heavy (non-hydrogen) atoms. The number of aromatic nitrogens is 2. The lowest BCUT2D eigenvalue weighted by Crippen LogP contribution is -1.98. The molecule has 8 aromatic rings. The lowest BCUT2D eigenvalue weighted by atomic mass is 9.99. The fourth-order valence-corrected chi connectivity index (χ4v) is 6.38. The first kappa shape index (κ1) is 23.8. The average molecular weight is 535 g/mol. The highest BCUT2D eigenvalue weighted by molar-refractivity contribution is 6.19. The Bertz CT molecular complexity index is 2410. The predicted octanol–water partition coefficient (Wildman–Crippen LogP) is 9.97. The van der Waals surface area contributed by atoms with Crippen molar-refractivity contribution in [3.63, 3.8) is 0 Å². The van der Waals surface area contributed by atoms with Crippen LogP contribution in [-0.4, -0.2) is 9.13 Å². The summed E-state index contributed by atoms with van der Waals surface area (Å²) in [4.78, 5) is 3.72. The zero-order valence-electron chi connectivity index (χ0n) is 22.5. The minimum absolute atomic E-state index is 0.609. The van der Waals surface area contributed by atoms with Crippen molar-refractivity contribution in [2.24, 2.45) is 0 Å². The number of rotatable bonds is 3. The van der Waals surface area contributed by atoms with Crippen molar-refractivity contribution in [3.8, 4) is 28.6 Å². The summed E-state index contributed by atoms with van der Waals surface area (Å²) in [6.07, 6.45) is 0. The summed E-state index contributed by atoms with van der Waals surface area (Å²) in [7, 11) is 0. The molecule has 0 amide bonds. The molecule has 2 heterocycles. The smallest absolute Gasteiger partial charge is 0.188 e. The van der Waals surface area contributed by atoms with Gasteiger partial charge in [0.1, 0.15) is 0 Å². The molecule has 0 radical (unpaired) electrons. The van der Waals surface area contributed by atoms with Gasteiger partial charge in [-0.3, -0.25) is 0 Å². The first-order valence-corrected chi connectivity index (χ1v) is 13.8. The van der Waals surface area contributed by atoms with Crippen molar-refractivity contribution >= 4 is 49.3 Å². The molecule has 0 unspecified atom stereocenters. The summed E-state index contributed by atoms with van der Waals surface area (Å²) in [6, 6.07) is 47.9. The first-order chi connectivity index (χ1) is 20.8. The van der Waals surface area contributed by atoms with Crippen molar-refractivity contribution < 1.29 is 0 Å². The number of para-hydroxylation sites is 4. The number of nitriles is 1. The van der Waals surface area contributed by atoms with Crippen LogP contribution in [0.4, 0.5) is 5.69 Å². The summed E-state index contributed by atoms with van der Waals surface area (Å²) in [6.45, 7) is 7.65. The molecule has 0 bridgehead atoms. The van der Waals surface area contributed by atoms with E-state index in [1.165, 1.54) is 10.8 Å². The Morgan fingerprint density at radius 2 is 1.10 bits per heavy atom. The molecular weight excluding hydrogens is 512 g/mol. The summed E-state index contributed by atoms with van der Waals surface area (Å²) in [5.74, 6) is 0. The first-order valence-electron chi connectivity index (χ1n) is 13.8. The molecule has 6 aromatic carbocycles. The predicted molar refractivity (Wildman–Crippen MR) is 172 cm³/mol. The summed E-state index contributed by atoms with van der Waals surface area (Å²) in [5, 5.41) is 14.0. The van der Waals surface area contributed by atoms with Gasteiger partial charge in [0, 0.05) is 38.7 Å². The minimum atomic E-state index is 0.609. The normalized spacial score (nSPS) is 11.3. The van der Waals surface area contributed by atoms with Gasteiger partial charge in [-0.1, -0.05) is 78.9 Å². The van der Waals surface area contributed by atoms with Crippen LogP contribution in [0.2, 0.25) is 0 Å². The van der Waals surface area contributed by atoms with E-state index in [0.717, 1.165) is 55.3 Å². The average Bonchev–Trinajstić information content (AvgIpc) is 3.58. The third kappa shape index (κ3) is 3.40. The van der Waals surface area contributed by atoms with Crippen LogP contribution in [0.15, 0.2) is 133 Å². The standard InChI is InChI=1S/C38H22N4/c1-40-26-19-22-36-34(23-26)33-15-8-14-32(38(33)42(36)28-20-17-25(24-39)18-21-28)31-13-7-12-30-29-11-5-6-16-35(29)41(37(30)31)27-9-3-2-4-10-27/h2-23H. The molecule has 194 valence electrons. The molecule has 0 fully saturated rings. The van der Waals surface area contributed by atoms with Gasteiger partial charge < -0.3 is 9.13 Å². The van der Waals surface area contributed by atoms with Crippen LogP contribution < -0.4 is 0 Å². The number of hydrogen-bond acceptors (Lipinski definition) is 1. The van der Waals surface area contributed by atoms with Crippen LogP contribution in [0.3, 0.4) is 0 Å². The molecule has 0 N–H and O–H groups in total. The number of hydrogen-bond donors (Lipinski definition) is 0. The molecule has 4 nitrogen and oxygen atoms in total. The fraction of sp³-hybridized carbons (Fsp3) is 0. The van der Waals surface area contributed by atoms with Crippen LogP contribution in [-0.2, 0) is 0 Å². The van der Waals surface area contributed by atoms with Crippen LogP contribution >= 0.6 is 0 Å². The van der Waals surface area contributed by atoms with Gasteiger partial charge in [0.25, 0.3) is 0 Å². The van der Waals surface area contributed by atoms with Gasteiger partial charge in [-0.2, -0.15) is 5.26 Å². The molecule has 0 aliphatic rings. The Morgan fingerprint density at radius 1 is 0.524 bits per heavy atom. The van der Waals surface area contributed by atoms with Gasteiger partial charge in [-0.25, -0.2) is 4.85 Å². The molecule has 0 saturated carbocycles. The lowest BCUT2D eigenvalue weighted by molar-refractivity contribution is 1.17. The molecule has 4 heteroatoms. The molecule has 2 aromatic heterocycles. The molecule has 0 aliphatic heterocycles. The number of nitrogens with zero attached hydrogens (tertiary/aromatic N) is 4. The van der Waals surface area contributed by atoms with Crippen LogP contribution in [0.1, 0.15) is 5.56 Å². The van der Waals surface area contributed by atoms with E-state index >= 15 is 0 Å². The Kier molecular flexibility index (Phi) is 5.22. The van der Waals surface area contributed by atoms with E-state index in [9.17, 15) is 5.26 Å². The van der Waals surface area contributed by atoms with Crippen molar-refractivity contribution in [1.82, 2.24) is 9.13 Å². The minimum Gasteiger partial charge on any atom is -0.309 e. The monoisotopic (exact) mass is 534 g/mol. The highest BCUT2D eigenvalue weighted by atomic mass is 15.0. The third-order valence-electron chi connectivity index (χ3n) is 8.15. The second kappa shape index (κ2) is 9.24. The van der Waals surface area contributed by atoms with E-state index < -0.39 is 0 Å². The second-order valence-corrected chi connectivity index (χ2v) is 10.4. The largest absolute Gasteiger partial charge is 0.309 e. The Labute approximate surface area is 242 Å². The van der Waals surface area contributed by atoms with E-state index in [2.05, 4.69) is 105 Å². The van der Waals surface area contributed by atoms with Crippen molar-refractivity contribution in [3.05, 3.63) is 150 Å². The second-order valence-electron chi connectivity index (χ2n) is 10.4. The van der Waals surface area contributed by atoms with Crippen LogP contribution in [0.5, 0.6) is 0 Å². The van der Waals surface area contributed by atoms with E-state index in [4.69, 9.17) is 6.57 Å². The van der Waals surface area contributed by atoms with Gasteiger partial charge in [-0.05, 0) is 60.0 Å². The van der Waals surface area contributed by atoms with E-state index in [1.807, 2.05) is 48.5 Å². The van der Waals surface area contributed by atoms with E-state index in [-0.39, 0.29) is 0 Å². The van der Waals surface area contributed by atoms with Crippen molar-refractivity contribution in [2.45, 2.75) is 0 Å². The number of fused-ring (bicyclic) bond motifs is 6. The topological polar surface area (TPSA) is 38.0 Å². The van der Waals surface area contributed by atoms with Crippen LogP contribution in [0, 0.1) is 17.9 Å². The quantitative estimate of drug-likeness (QED) is 0.208. The third-order valence-corrected chi connectivity index (χ3v) is 8.15. The van der Waals surface area contributed by atoms with Crippen LogP contribution in [0.25, 0.3) is 71.0 Å². The maximum Gasteiger partial charge on any atom is 0.188 e. The molecule has 0 aliphatic carbocycles. The maximum absolute atomic E-state index is 9.45. The van der Waals surface area contributed by atoms with E-state index in [0.29, 0.717) is 11.3 Å². The zero-order chi connectivity index (χ0) is 28.2. The fourth-order valence-electron chi connectivity index (χ4n) is 6.38. The lowest BCUT2D eigenvalue weighted by Gasteiger charge is -2.15. The number of benzene rings is 6. The summed E-state index contributed by atoms with van der Waals surface area (Å²) in [5.41, 5.74) is 9.92. The molecule has 0 atom stereocenters. The van der Waals surface area contributed by atoms with Gasteiger partial charge in [-0.15, -0.1) is 0 Å². The maximum atomic E-state index is 9.45. The zero-order valence-corrected chi connectivity index (χ0v) is 22.5. The summed E-state index contributed by atoms with van der Waals surface area (Å²) >= 11 is 0. The van der Waals surface area contributed by atoms with Gasteiger partial charge in [0.15, 0.2) is 5.69 Å². The highest BCUT2D eigenvalue weighted by Crippen LogP contribution is 2.43. The molecule has 8 rings (SSSR count). The van der Waals surface area contributed by atoms with Gasteiger partial charge >= 0.3 is 0 Å². The van der Waals surface area contributed by atoms with Crippen molar-refractivity contribution in [2.75, 3.05) is 0 Å². The Morgan fingerprint density at radius 3 is 1.76 bits per heavy atom.